The van der Waals surface area contributed by atoms with E-state index in [1.54, 1.807) is 36.0 Å². The summed E-state index contributed by atoms with van der Waals surface area (Å²) in [6, 6.07) is 7.12. The zero-order valence-corrected chi connectivity index (χ0v) is 14.0. The fourth-order valence-corrected chi connectivity index (χ4v) is 3.43. The minimum atomic E-state index is -0.116. The summed E-state index contributed by atoms with van der Waals surface area (Å²) in [6.07, 6.45) is 5.15. The van der Waals surface area contributed by atoms with Crippen molar-refractivity contribution in [3.8, 4) is 0 Å². The van der Waals surface area contributed by atoms with Gasteiger partial charge in [-0.25, -0.2) is 9.50 Å². The van der Waals surface area contributed by atoms with Crippen LogP contribution < -0.4 is 5.56 Å². The van der Waals surface area contributed by atoms with Gasteiger partial charge in [-0.15, -0.1) is 0 Å². The number of carbonyl (C=O) groups excluding carboxylic acids is 1. The van der Waals surface area contributed by atoms with Crippen molar-refractivity contribution in [2.45, 2.75) is 25.7 Å². The van der Waals surface area contributed by atoms with Gasteiger partial charge >= 0.3 is 0 Å². The van der Waals surface area contributed by atoms with Gasteiger partial charge in [0.05, 0.1) is 11.2 Å². The smallest absolute Gasteiger partial charge is 0.253 e. The Balaban J connectivity index is 1.47. The number of carbonyl (C=O) groups is 1. The molecule has 1 amide bonds. The largest absolute Gasteiger partial charge is 0.339 e. The molecule has 1 N–H and O–H groups in total. The molecule has 3 aromatic heterocycles. The van der Waals surface area contributed by atoms with Crippen LogP contribution in [0, 0.1) is 6.92 Å². The first-order valence-corrected chi connectivity index (χ1v) is 8.41. The predicted octanol–water partition coefficient (Wildman–Crippen LogP) is 1.75. The second-order valence-corrected chi connectivity index (χ2v) is 6.44. The minimum absolute atomic E-state index is 0.0391. The van der Waals surface area contributed by atoms with E-state index >= 15 is 0 Å². The van der Waals surface area contributed by atoms with Crippen LogP contribution in [0.3, 0.4) is 0 Å². The van der Waals surface area contributed by atoms with Crippen molar-refractivity contribution in [1.82, 2.24) is 24.5 Å². The van der Waals surface area contributed by atoms with E-state index in [1.165, 1.54) is 0 Å². The molecule has 0 aliphatic carbocycles. The normalized spacial score (nSPS) is 15.6. The summed E-state index contributed by atoms with van der Waals surface area (Å²) in [7, 11) is 0. The maximum absolute atomic E-state index is 12.7. The van der Waals surface area contributed by atoms with Crippen LogP contribution in [0.15, 0.2) is 41.5 Å². The van der Waals surface area contributed by atoms with Crippen molar-refractivity contribution in [1.29, 1.82) is 0 Å². The van der Waals surface area contributed by atoms with E-state index in [1.807, 2.05) is 17.0 Å². The number of hydrogen-bond donors (Lipinski definition) is 1. The maximum Gasteiger partial charge on any atom is 0.253 e. The first-order chi connectivity index (χ1) is 12.1. The molecule has 0 saturated carbocycles. The summed E-state index contributed by atoms with van der Waals surface area (Å²) in [4.78, 5) is 33.4. The molecule has 1 fully saturated rings. The van der Waals surface area contributed by atoms with Crippen LogP contribution >= 0.6 is 0 Å². The first kappa shape index (κ1) is 15.6. The molecule has 25 heavy (non-hydrogen) atoms. The zero-order chi connectivity index (χ0) is 17.4. The van der Waals surface area contributed by atoms with Gasteiger partial charge in [-0.05, 0) is 38.0 Å². The molecule has 4 heterocycles. The van der Waals surface area contributed by atoms with Gasteiger partial charge in [-0.3, -0.25) is 9.59 Å². The topological polar surface area (TPSA) is 83.4 Å². The van der Waals surface area contributed by atoms with Gasteiger partial charge < -0.3 is 9.88 Å². The molecule has 1 aliphatic heterocycles. The van der Waals surface area contributed by atoms with Crippen LogP contribution in [-0.4, -0.2) is 43.5 Å². The van der Waals surface area contributed by atoms with Crippen molar-refractivity contribution in [2.24, 2.45) is 0 Å². The van der Waals surface area contributed by atoms with Crippen molar-refractivity contribution in [2.75, 3.05) is 13.1 Å². The van der Waals surface area contributed by atoms with Crippen molar-refractivity contribution in [3.63, 3.8) is 0 Å². The number of hydrogen-bond acceptors (Lipinski definition) is 4. The quantitative estimate of drug-likeness (QED) is 0.772. The average molecular weight is 337 g/mol. The molecule has 3 aromatic rings. The number of amides is 1. The monoisotopic (exact) mass is 337 g/mol. The molecule has 128 valence electrons. The molecule has 0 bridgehead atoms. The molecule has 0 unspecified atom stereocenters. The van der Waals surface area contributed by atoms with E-state index in [2.05, 4.69) is 15.1 Å². The number of H-pyrrole nitrogens is 1. The molecule has 0 radical (unpaired) electrons. The van der Waals surface area contributed by atoms with Gasteiger partial charge in [-0.2, -0.15) is 5.10 Å². The molecule has 0 atom stereocenters. The number of pyridine rings is 1. The Kier molecular flexibility index (Phi) is 3.83. The number of aryl methyl sites for hydroxylation is 1. The highest BCUT2D eigenvalue weighted by atomic mass is 16.2. The van der Waals surface area contributed by atoms with E-state index in [-0.39, 0.29) is 17.4 Å². The lowest BCUT2D eigenvalue weighted by molar-refractivity contribution is 0.0712. The standard InChI is InChI=1S/C18H19N5O2/c1-12-20-16(11-17(24)21-12)13-3-7-22(8-4-13)18(25)14-5-9-23-15(10-14)2-6-19-23/h2,5-6,9-11,13H,3-4,7-8H2,1H3,(H,20,21,24). The van der Waals surface area contributed by atoms with Crippen LogP contribution in [-0.2, 0) is 0 Å². The summed E-state index contributed by atoms with van der Waals surface area (Å²) in [5.41, 5.74) is 2.30. The van der Waals surface area contributed by atoms with Crippen LogP contribution in [0.5, 0.6) is 0 Å². The van der Waals surface area contributed by atoms with Crippen LogP contribution in [0.2, 0.25) is 0 Å². The summed E-state index contributed by atoms with van der Waals surface area (Å²) < 4.78 is 1.74. The third kappa shape index (κ3) is 3.05. The lowest BCUT2D eigenvalue weighted by Crippen LogP contribution is -2.38. The number of nitrogens with zero attached hydrogens (tertiary/aromatic N) is 4. The first-order valence-electron chi connectivity index (χ1n) is 8.41. The molecule has 7 heteroatoms. The third-order valence-electron chi connectivity index (χ3n) is 4.73. The Bertz CT molecular complexity index is 982. The molecular weight excluding hydrogens is 318 g/mol. The second kappa shape index (κ2) is 6.16. The fraction of sp³-hybridized carbons (Fsp3) is 0.333. The average Bonchev–Trinajstić information content (AvgIpc) is 3.08. The third-order valence-corrected chi connectivity index (χ3v) is 4.73. The van der Waals surface area contributed by atoms with E-state index in [9.17, 15) is 9.59 Å². The summed E-state index contributed by atoms with van der Waals surface area (Å²) in [5, 5.41) is 4.15. The Hall–Kier alpha value is -2.96. The highest BCUT2D eigenvalue weighted by Gasteiger charge is 2.25. The maximum atomic E-state index is 12.7. The Morgan fingerprint density at radius 1 is 1.24 bits per heavy atom. The molecule has 1 saturated heterocycles. The molecule has 7 nitrogen and oxygen atoms in total. The number of likely N-dealkylation sites (tertiary alicyclic amines) is 1. The predicted molar refractivity (Wildman–Crippen MR) is 92.7 cm³/mol. The SMILES string of the molecule is Cc1nc(C2CCN(C(=O)c3ccn4nccc4c3)CC2)cc(=O)[nH]1. The van der Waals surface area contributed by atoms with Gasteiger partial charge in [0.25, 0.3) is 11.5 Å². The number of rotatable bonds is 2. The number of piperidine rings is 1. The number of nitrogens with one attached hydrogen (secondary N) is 1. The van der Waals surface area contributed by atoms with E-state index in [0.29, 0.717) is 24.5 Å². The van der Waals surface area contributed by atoms with E-state index in [0.717, 1.165) is 24.1 Å². The lowest BCUT2D eigenvalue weighted by atomic mass is 9.93. The molecule has 0 spiro atoms. The summed E-state index contributed by atoms with van der Waals surface area (Å²) in [6.45, 7) is 3.12. The van der Waals surface area contributed by atoms with Gasteiger partial charge in [0.1, 0.15) is 5.82 Å². The highest BCUT2D eigenvalue weighted by Crippen LogP contribution is 2.27. The molecule has 0 aromatic carbocycles. The van der Waals surface area contributed by atoms with Gasteiger partial charge in [0.15, 0.2) is 0 Å². The van der Waals surface area contributed by atoms with Gasteiger partial charge in [-0.1, -0.05) is 0 Å². The Morgan fingerprint density at radius 2 is 2.04 bits per heavy atom. The summed E-state index contributed by atoms with van der Waals surface area (Å²) in [5.74, 6) is 0.898. The van der Waals surface area contributed by atoms with Crippen LogP contribution in [0.4, 0.5) is 0 Å². The Labute approximate surface area is 144 Å². The van der Waals surface area contributed by atoms with E-state index < -0.39 is 0 Å². The molecular formula is C18H19N5O2. The van der Waals surface area contributed by atoms with Crippen molar-refractivity contribution in [3.05, 3.63) is 64.1 Å². The van der Waals surface area contributed by atoms with Crippen LogP contribution in [0.1, 0.15) is 40.6 Å². The fourth-order valence-electron chi connectivity index (χ4n) is 3.43. The number of aromatic nitrogens is 4. The van der Waals surface area contributed by atoms with Crippen molar-refractivity contribution < 1.29 is 4.79 Å². The number of aromatic amines is 1. The van der Waals surface area contributed by atoms with Crippen LogP contribution in [0.25, 0.3) is 5.52 Å². The minimum Gasteiger partial charge on any atom is -0.339 e. The Morgan fingerprint density at radius 3 is 2.80 bits per heavy atom. The molecule has 4 rings (SSSR count). The summed E-state index contributed by atoms with van der Waals surface area (Å²) >= 11 is 0. The van der Waals surface area contributed by atoms with E-state index in [4.69, 9.17) is 0 Å². The lowest BCUT2D eigenvalue weighted by Gasteiger charge is -2.31. The van der Waals surface area contributed by atoms with Gasteiger partial charge in [0, 0.05) is 43.0 Å². The number of fused-ring (bicyclic) bond motifs is 1. The zero-order valence-electron chi connectivity index (χ0n) is 14.0. The molecule has 1 aliphatic rings. The second-order valence-electron chi connectivity index (χ2n) is 6.44. The van der Waals surface area contributed by atoms with Gasteiger partial charge in [0.2, 0.25) is 0 Å². The van der Waals surface area contributed by atoms with Crippen molar-refractivity contribution >= 4 is 11.4 Å². The highest BCUT2D eigenvalue weighted by molar-refractivity contribution is 5.95.